The molecule has 386 valence electrons. The Kier molecular flexibility index (Phi) is 9.79. The Morgan fingerprint density at radius 1 is 0.367 bits per heavy atom. The van der Waals surface area contributed by atoms with Gasteiger partial charge in [-0.2, -0.15) is 0 Å². The molecule has 22 nitrogen and oxygen atoms in total. The van der Waals surface area contributed by atoms with Crippen molar-refractivity contribution in [3.05, 3.63) is 195 Å². The van der Waals surface area contributed by atoms with E-state index >= 15 is 0 Å². The van der Waals surface area contributed by atoms with Gasteiger partial charge >= 0.3 is 8.88 Å². The minimum atomic E-state index is -4.75. The number of hydrogen-bond donors (Lipinski definition) is 0. The fourth-order valence-electron chi connectivity index (χ4n) is 11.0. The Hall–Kier alpha value is -9.67. The van der Waals surface area contributed by atoms with Crippen molar-refractivity contribution < 1.29 is 27.9 Å². The molecule has 6 bridgehead atoms. The quantitative estimate of drug-likeness (QED) is 0.0788. The van der Waals surface area contributed by atoms with Crippen LogP contribution in [-0.2, 0) is 8.23 Å². The van der Waals surface area contributed by atoms with E-state index in [1.807, 2.05) is 84.1 Å². The predicted molar refractivity (Wildman–Crippen MR) is 307 cm³/mol. The number of aromatic nitrogens is 2. The van der Waals surface area contributed by atoms with Crippen molar-refractivity contribution >= 4 is 148 Å². The van der Waals surface area contributed by atoms with Gasteiger partial charge in [-0.15, -0.1) is 0 Å². The van der Waals surface area contributed by atoms with Gasteiger partial charge in [-0.3, -0.25) is 48.9 Å². The molecule has 0 saturated carbocycles. The Morgan fingerprint density at radius 2 is 0.658 bits per heavy atom. The van der Waals surface area contributed by atoms with E-state index in [1.54, 1.807) is 36.4 Å². The second kappa shape index (κ2) is 16.2. The molecule has 79 heavy (non-hydrogen) atoms. The molecule has 14 rings (SSSR count). The zero-order valence-corrected chi connectivity index (χ0v) is 45.5. The molecule has 2 aromatic heterocycles. The van der Waals surface area contributed by atoms with Gasteiger partial charge in [0.25, 0.3) is 22.7 Å². The lowest BCUT2D eigenvalue weighted by atomic mass is 10.0. The lowest BCUT2D eigenvalue weighted by Crippen LogP contribution is -2.69. The average molecular weight is 1100 g/mol. The molecule has 0 saturated heterocycles. The first-order chi connectivity index (χ1) is 37.6. The molecule has 0 atom stereocenters. The van der Waals surface area contributed by atoms with Crippen molar-refractivity contribution in [1.82, 2.24) is 8.47 Å². The summed E-state index contributed by atoms with van der Waals surface area (Å²) in [5.41, 5.74) is 2.16. The molecule has 0 spiro atoms. The third-order valence-electron chi connectivity index (χ3n) is 14.2. The molecule has 0 amide bonds. The van der Waals surface area contributed by atoms with Crippen LogP contribution >= 0.6 is 0 Å². The van der Waals surface area contributed by atoms with E-state index in [2.05, 4.69) is 0 Å². The topological polar surface area (TPSA) is 275 Å². The Balaban J connectivity index is 1.27. The summed E-state index contributed by atoms with van der Waals surface area (Å²) in [7, 11) is -10.7. The van der Waals surface area contributed by atoms with Gasteiger partial charge in [-0.1, -0.05) is 0 Å². The van der Waals surface area contributed by atoms with Crippen LogP contribution in [0.2, 0.25) is 39.3 Å². The van der Waals surface area contributed by atoms with E-state index in [0.29, 0.717) is 86.9 Å². The summed E-state index contributed by atoms with van der Waals surface area (Å²) in [5, 5.41) is 55.8. The van der Waals surface area contributed by atoms with Crippen LogP contribution in [0.25, 0.3) is 64.6 Å². The van der Waals surface area contributed by atoms with Crippen LogP contribution in [0.15, 0.2) is 151 Å². The summed E-state index contributed by atoms with van der Waals surface area (Å²) in [4.78, 5) is 79.9. The second-order valence-electron chi connectivity index (χ2n) is 21.7. The summed E-state index contributed by atoms with van der Waals surface area (Å²) in [6.07, 6.45) is 0. The molecule has 0 aliphatic carbocycles. The van der Waals surface area contributed by atoms with E-state index in [9.17, 15) is 40.5 Å². The van der Waals surface area contributed by atoms with Crippen LogP contribution in [0.1, 0.15) is 22.3 Å². The van der Waals surface area contributed by atoms with Crippen LogP contribution in [0.4, 0.5) is 34.4 Å². The molecule has 25 heteroatoms. The molecule has 4 aliphatic rings. The lowest BCUT2D eigenvalue weighted by molar-refractivity contribution is -0.384. The number of non-ortho nitro benzene ring substituents is 4. The SMILES string of the molecule is C[Si](C)(C)O[Si]1(O[Si](C)(C)C)n2c3c4cc5cc([N+](=O)[O-])ccc5cc4c2N=C2N=C(N=c4c5cc6cc([N+](=O)[O-])ccc6cc5c(n41)=NC1=NC(=N3)c3cc4ccc([N+](=O)[O-])cc4cc31)c1cc3ccc([N+](=O)[O-])cc3cc12. The molecular weight excluding hydrogens is 1060 g/mol. The minimum Gasteiger partial charge on any atom is -0.404 e. The molecule has 0 N–H and O–H groups in total. The van der Waals surface area contributed by atoms with Crippen LogP contribution < -0.4 is 11.0 Å². The lowest BCUT2D eigenvalue weighted by Gasteiger charge is -2.41. The summed E-state index contributed by atoms with van der Waals surface area (Å²) < 4.78 is 19.7. The Bertz CT molecular complexity index is 4900. The Labute approximate surface area is 446 Å². The van der Waals surface area contributed by atoms with Gasteiger partial charge in [0.1, 0.15) is 22.6 Å². The third-order valence-corrected chi connectivity index (χ3v) is 23.2. The smallest absolute Gasteiger partial charge is 0.404 e. The number of benzene rings is 8. The fourth-order valence-corrected chi connectivity index (χ4v) is 21.4. The Morgan fingerprint density at radius 3 is 1.01 bits per heavy atom. The van der Waals surface area contributed by atoms with Gasteiger partial charge in [0.15, 0.2) is 40.0 Å². The van der Waals surface area contributed by atoms with Crippen LogP contribution in [0, 0.1) is 40.5 Å². The van der Waals surface area contributed by atoms with E-state index in [-0.39, 0.29) is 68.7 Å². The highest BCUT2D eigenvalue weighted by atomic mass is 28.5. The molecule has 4 aliphatic heterocycles. The normalized spacial score (nSPS) is 15.1. The summed E-state index contributed by atoms with van der Waals surface area (Å²) in [6, 6.07) is 33.2. The van der Waals surface area contributed by atoms with E-state index in [4.69, 9.17) is 38.2 Å². The van der Waals surface area contributed by atoms with Gasteiger partial charge in [-0.25, -0.2) is 30.0 Å². The molecule has 0 fully saturated rings. The van der Waals surface area contributed by atoms with Crippen LogP contribution in [0.5, 0.6) is 0 Å². The molecule has 0 radical (unpaired) electrons. The molecular formula is C54H38N12O10Si3. The summed E-state index contributed by atoms with van der Waals surface area (Å²) in [6.45, 7) is 12.3. The number of nitrogens with zero attached hydrogens (tertiary/aromatic N) is 12. The number of rotatable bonds is 8. The van der Waals surface area contributed by atoms with Crippen molar-refractivity contribution in [2.75, 3.05) is 0 Å². The third kappa shape index (κ3) is 7.34. The van der Waals surface area contributed by atoms with Crippen LogP contribution in [-0.4, -0.2) is 77.0 Å². The number of fused-ring (bicyclic) bond motifs is 18. The predicted octanol–water partition coefficient (Wildman–Crippen LogP) is 11.3. The van der Waals surface area contributed by atoms with Gasteiger partial charge in [0.05, 0.1) is 19.7 Å². The standard InChI is InChI=1S/C54H38N12O10Si3/c1-77(2,3)75-79(76-78(4,5)6)61-52-43-21-29-9-13-37(65(71)72)17-33(29)25-45(43)53(61)57-47-39-19-27-7-11-35(63(67)68)15-31(27)23-41(39)49(55-47)59-51-44-22-30-10-14-38(66(73)74)18-34(30)26-46(44)54(62(51)79)58-48-40-20-28-8-12-36(64(69)70)16-32(28)24-42(40)50(56-48)60-52/h7-26H,1-6H3. The number of nitro groups is 4. The molecule has 6 heterocycles. The van der Waals surface area contributed by atoms with Crippen LogP contribution in [0.3, 0.4) is 0 Å². The first-order valence-corrected chi connectivity index (χ1v) is 33.3. The van der Waals surface area contributed by atoms with Crippen molar-refractivity contribution in [3.8, 4) is 0 Å². The molecule has 10 aromatic rings. The van der Waals surface area contributed by atoms with Crippen molar-refractivity contribution in [3.63, 3.8) is 0 Å². The van der Waals surface area contributed by atoms with Crippen molar-refractivity contribution in [1.29, 1.82) is 0 Å². The zero-order valence-electron chi connectivity index (χ0n) is 42.5. The molecule has 0 unspecified atom stereocenters. The van der Waals surface area contributed by atoms with E-state index < -0.39 is 45.2 Å². The number of amidine groups is 4. The van der Waals surface area contributed by atoms with E-state index in [1.165, 1.54) is 48.5 Å². The zero-order chi connectivity index (χ0) is 54.9. The second-order valence-corrected chi connectivity index (χ2v) is 33.7. The summed E-state index contributed by atoms with van der Waals surface area (Å²) in [5.74, 6) is 1.38. The average Bonchev–Trinajstić information content (AvgIpc) is 2.70. The largest absolute Gasteiger partial charge is 0.582 e. The number of aliphatic imine (C=N–C) groups is 4. The fraction of sp³-hybridized carbons (Fsp3) is 0.111. The summed E-state index contributed by atoms with van der Waals surface area (Å²) >= 11 is 0. The first-order valence-electron chi connectivity index (χ1n) is 24.8. The maximum Gasteiger partial charge on any atom is 0.582 e. The van der Waals surface area contributed by atoms with Gasteiger partial charge < -0.3 is 8.23 Å². The van der Waals surface area contributed by atoms with Crippen molar-refractivity contribution in [2.24, 2.45) is 30.0 Å². The van der Waals surface area contributed by atoms with Gasteiger partial charge in [0, 0.05) is 92.3 Å². The monoisotopic (exact) mass is 1100 g/mol. The van der Waals surface area contributed by atoms with Crippen molar-refractivity contribution in [2.45, 2.75) is 39.3 Å². The maximum atomic E-state index is 12.4. The number of hydrogen-bond acceptors (Lipinski definition) is 16. The minimum absolute atomic E-state index is 0.113. The van der Waals surface area contributed by atoms with Gasteiger partial charge in [-0.05, 0) is 155 Å². The highest BCUT2D eigenvalue weighted by molar-refractivity contribution is 6.87. The first kappa shape index (κ1) is 47.8. The van der Waals surface area contributed by atoms with Gasteiger partial charge in [0.2, 0.25) is 0 Å². The number of nitro benzene ring substituents is 4. The van der Waals surface area contributed by atoms with E-state index in [0.717, 1.165) is 0 Å². The molecule has 8 aromatic carbocycles. The maximum absolute atomic E-state index is 12.4. The highest BCUT2D eigenvalue weighted by Crippen LogP contribution is 2.47. The highest BCUT2D eigenvalue weighted by Gasteiger charge is 2.57.